The van der Waals surface area contributed by atoms with Crippen molar-refractivity contribution in [1.29, 1.82) is 0 Å². The van der Waals surface area contributed by atoms with E-state index in [1.807, 2.05) is 30.3 Å². The summed E-state index contributed by atoms with van der Waals surface area (Å²) >= 11 is 0. The molecule has 0 bridgehead atoms. The maximum atomic E-state index is 12.8. The predicted octanol–water partition coefficient (Wildman–Crippen LogP) is 5.69. The molecule has 0 aliphatic heterocycles. The summed E-state index contributed by atoms with van der Waals surface area (Å²) in [5.41, 5.74) is 3.85. The first-order chi connectivity index (χ1) is 16.5. The van der Waals surface area contributed by atoms with E-state index in [1.165, 1.54) is 5.56 Å². The summed E-state index contributed by atoms with van der Waals surface area (Å²) < 4.78 is 8.32. The Labute approximate surface area is 201 Å². The second kappa shape index (κ2) is 11.0. The highest BCUT2D eigenvalue weighted by Gasteiger charge is 2.17. The van der Waals surface area contributed by atoms with Crippen LogP contribution < -0.4 is 4.74 Å². The van der Waals surface area contributed by atoms with Gasteiger partial charge in [0, 0.05) is 26.0 Å². The highest BCUT2D eigenvalue weighted by Crippen LogP contribution is 2.26. The lowest BCUT2D eigenvalue weighted by molar-refractivity contribution is 0.0779. The summed E-state index contributed by atoms with van der Waals surface area (Å²) in [4.78, 5) is 23.4. The van der Waals surface area contributed by atoms with E-state index in [4.69, 9.17) is 9.72 Å². The summed E-state index contributed by atoms with van der Waals surface area (Å²) in [6, 6.07) is 19.9. The molecule has 0 radical (unpaired) electrons. The number of aryl methyl sites for hydroxylation is 1. The van der Waals surface area contributed by atoms with Gasteiger partial charge in [0.2, 0.25) is 0 Å². The lowest BCUT2D eigenvalue weighted by Gasteiger charge is -2.18. The molecule has 34 heavy (non-hydrogen) atoms. The van der Waals surface area contributed by atoms with Crippen molar-refractivity contribution in [2.24, 2.45) is 0 Å². The fourth-order valence-electron chi connectivity index (χ4n) is 4.13. The average Bonchev–Trinajstić information content (AvgIpc) is 3.20. The van der Waals surface area contributed by atoms with Gasteiger partial charge in [-0.15, -0.1) is 0 Å². The van der Waals surface area contributed by atoms with E-state index in [0.29, 0.717) is 24.6 Å². The number of imidazole rings is 1. The number of hydrogen-bond donors (Lipinski definition) is 0. The van der Waals surface area contributed by atoms with Crippen LogP contribution in [0.2, 0.25) is 0 Å². The summed E-state index contributed by atoms with van der Waals surface area (Å²) in [7, 11) is 1.80. The predicted molar refractivity (Wildman–Crippen MR) is 135 cm³/mol. The van der Waals surface area contributed by atoms with Gasteiger partial charge in [-0.2, -0.15) is 0 Å². The Kier molecular flexibility index (Phi) is 7.58. The number of carbonyl (C=O) groups excluding carboxylic acids is 1. The number of ether oxygens (including phenoxy) is 1. The van der Waals surface area contributed by atoms with Crippen molar-refractivity contribution in [3.8, 4) is 5.75 Å². The zero-order valence-electron chi connectivity index (χ0n) is 20.1. The minimum absolute atomic E-state index is 0.0658. The smallest absolute Gasteiger partial charge is 0.255 e. The monoisotopic (exact) mass is 456 g/mol. The van der Waals surface area contributed by atoms with Crippen LogP contribution in [0.3, 0.4) is 0 Å². The zero-order chi connectivity index (χ0) is 23.9. The van der Waals surface area contributed by atoms with Gasteiger partial charge in [-0.25, -0.2) is 4.98 Å². The van der Waals surface area contributed by atoms with Crippen LogP contribution in [-0.4, -0.2) is 39.0 Å². The Morgan fingerprint density at radius 3 is 2.62 bits per heavy atom. The van der Waals surface area contributed by atoms with Gasteiger partial charge in [-0.1, -0.05) is 44.2 Å². The van der Waals surface area contributed by atoms with E-state index in [0.717, 1.165) is 42.0 Å². The maximum Gasteiger partial charge on any atom is 0.255 e. The van der Waals surface area contributed by atoms with E-state index in [-0.39, 0.29) is 5.91 Å². The van der Waals surface area contributed by atoms with E-state index >= 15 is 0 Å². The Morgan fingerprint density at radius 2 is 1.82 bits per heavy atom. The molecule has 176 valence electrons. The van der Waals surface area contributed by atoms with E-state index in [9.17, 15) is 4.79 Å². The van der Waals surface area contributed by atoms with Crippen molar-refractivity contribution >= 4 is 16.9 Å². The molecule has 6 heteroatoms. The topological polar surface area (TPSA) is 60.2 Å². The molecule has 0 fully saturated rings. The molecule has 1 amide bonds. The number of para-hydroxylation sites is 3. The Hall–Kier alpha value is -3.67. The molecule has 4 rings (SSSR count). The zero-order valence-corrected chi connectivity index (χ0v) is 20.1. The molecule has 6 nitrogen and oxygen atoms in total. The second-order valence-corrected chi connectivity index (χ2v) is 8.82. The summed E-state index contributed by atoms with van der Waals surface area (Å²) in [6.45, 7) is 6.29. The SMILES string of the molecule is CC(C)c1ccccc1OCCCCn1c(CN(C)C(=O)c2cccnc2)nc2ccccc21. The highest BCUT2D eigenvalue weighted by molar-refractivity contribution is 5.93. The van der Waals surface area contributed by atoms with Crippen LogP contribution in [0.1, 0.15) is 54.4 Å². The molecule has 0 aliphatic rings. The summed E-state index contributed by atoms with van der Waals surface area (Å²) in [5, 5.41) is 0. The molecule has 0 atom stereocenters. The normalized spacial score (nSPS) is 11.2. The van der Waals surface area contributed by atoms with Crippen molar-refractivity contribution < 1.29 is 9.53 Å². The minimum Gasteiger partial charge on any atom is -0.493 e. The van der Waals surface area contributed by atoms with Gasteiger partial charge < -0.3 is 14.2 Å². The number of nitrogens with zero attached hydrogens (tertiary/aromatic N) is 4. The Bertz CT molecular complexity index is 1230. The number of benzene rings is 2. The average molecular weight is 457 g/mol. The molecule has 0 unspecified atom stereocenters. The van der Waals surface area contributed by atoms with E-state index in [1.54, 1.807) is 36.5 Å². The van der Waals surface area contributed by atoms with Crippen LogP contribution in [0.25, 0.3) is 11.0 Å². The molecule has 2 aromatic carbocycles. The maximum absolute atomic E-state index is 12.8. The third-order valence-electron chi connectivity index (χ3n) is 5.94. The van der Waals surface area contributed by atoms with Crippen molar-refractivity contribution in [3.05, 3.63) is 90.0 Å². The van der Waals surface area contributed by atoms with Crippen LogP contribution in [-0.2, 0) is 13.1 Å². The number of fused-ring (bicyclic) bond motifs is 1. The van der Waals surface area contributed by atoms with E-state index in [2.05, 4.69) is 41.6 Å². The number of aromatic nitrogens is 3. The van der Waals surface area contributed by atoms with Crippen LogP contribution >= 0.6 is 0 Å². The van der Waals surface area contributed by atoms with Crippen molar-refractivity contribution in [2.75, 3.05) is 13.7 Å². The van der Waals surface area contributed by atoms with Gasteiger partial charge in [0.25, 0.3) is 5.91 Å². The molecular weight excluding hydrogens is 424 g/mol. The number of carbonyl (C=O) groups is 1. The first-order valence-corrected chi connectivity index (χ1v) is 11.9. The van der Waals surface area contributed by atoms with Crippen molar-refractivity contribution in [3.63, 3.8) is 0 Å². The summed E-state index contributed by atoms with van der Waals surface area (Å²) in [6.07, 6.45) is 5.15. The summed E-state index contributed by atoms with van der Waals surface area (Å²) in [5.74, 6) is 2.22. The fourth-order valence-corrected chi connectivity index (χ4v) is 4.13. The van der Waals surface area contributed by atoms with Crippen molar-refractivity contribution in [2.45, 2.75) is 45.7 Å². The Balaban J connectivity index is 1.41. The molecule has 2 aromatic heterocycles. The minimum atomic E-state index is -0.0658. The lowest BCUT2D eigenvalue weighted by Crippen LogP contribution is -2.28. The third kappa shape index (κ3) is 5.45. The number of pyridine rings is 1. The molecule has 4 aromatic rings. The van der Waals surface area contributed by atoms with Gasteiger partial charge >= 0.3 is 0 Å². The molecular formula is C28H32N4O2. The van der Waals surface area contributed by atoms with Gasteiger partial charge in [0.05, 0.1) is 29.7 Å². The molecule has 0 aliphatic carbocycles. The molecule has 2 heterocycles. The van der Waals surface area contributed by atoms with Gasteiger partial charge in [0.15, 0.2) is 0 Å². The fraction of sp³-hybridized carbons (Fsp3) is 0.321. The second-order valence-electron chi connectivity index (χ2n) is 8.82. The number of unbranched alkanes of at least 4 members (excludes halogenated alkanes) is 1. The molecule has 0 N–H and O–H groups in total. The first kappa shape index (κ1) is 23.5. The van der Waals surface area contributed by atoms with Crippen molar-refractivity contribution in [1.82, 2.24) is 19.4 Å². The van der Waals surface area contributed by atoms with Crippen LogP contribution in [0.15, 0.2) is 73.1 Å². The van der Waals surface area contributed by atoms with Crippen LogP contribution in [0, 0.1) is 0 Å². The van der Waals surface area contributed by atoms with Gasteiger partial charge in [-0.05, 0) is 54.7 Å². The van der Waals surface area contributed by atoms with Crippen LogP contribution in [0.4, 0.5) is 0 Å². The Morgan fingerprint density at radius 1 is 1.03 bits per heavy atom. The van der Waals surface area contributed by atoms with Crippen LogP contribution in [0.5, 0.6) is 5.75 Å². The molecule has 0 saturated carbocycles. The van der Waals surface area contributed by atoms with Gasteiger partial charge in [-0.3, -0.25) is 9.78 Å². The highest BCUT2D eigenvalue weighted by atomic mass is 16.5. The van der Waals surface area contributed by atoms with E-state index < -0.39 is 0 Å². The number of amides is 1. The number of rotatable bonds is 10. The lowest BCUT2D eigenvalue weighted by atomic mass is 10.0. The van der Waals surface area contributed by atoms with Gasteiger partial charge in [0.1, 0.15) is 11.6 Å². The number of hydrogen-bond acceptors (Lipinski definition) is 4. The first-order valence-electron chi connectivity index (χ1n) is 11.9. The quantitative estimate of drug-likeness (QED) is 0.288. The largest absolute Gasteiger partial charge is 0.493 e. The standard InChI is InChI=1S/C28H32N4O2/c1-21(2)23-12-4-7-15-26(23)34-18-9-8-17-32-25-14-6-5-13-24(25)30-27(32)20-31(3)28(33)22-11-10-16-29-19-22/h4-7,10-16,19,21H,8-9,17-18,20H2,1-3H3. The third-order valence-corrected chi connectivity index (χ3v) is 5.94. The molecule has 0 saturated heterocycles. The molecule has 0 spiro atoms.